The largest absolute Gasteiger partial charge is 0.336 e. The summed E-state index contributed by atoms with van der Waals surface area (Å²) in [6.45, 7) is 1.96. The van der Waals surface area contributed by atoms with Gasteiger partial charge in [0.1, 0.15) is 11.3 Å². The van der Waals surface area contributed by atoms with Gasteiger partial charge >= 0.3 is 5.69 Å². The van der Waals surface area contributed by atoms with Gasteiger partial charge in [-0.3, -0.25) is 13.9 Å². The molecule has 0 saturated carbocycles. The fourth-order valence-corrected chi connectivity index (χ4v) is 3.25. The topological polar surface area (TPSA) is 119 Å². The van der Waals surface area contributed by atoms with E-state index in [1.165, 1.54) is 18.7 Å². The predicted octanol–water partition coefficient (Wildman–Crippen LogP) is -1.17. The number of nitrogens with one attached hydrogen (secondary N) is 2. The van der Waals surface area contributed by atoms with Crippen molar-refractivity contribution in [1.82, 2.24) is 23.8 Å². The molecule has 22 heavy (non-hydrogen) atoms. The first-order valence-corrected chi connectivity index (χ1v) is 8.54. The molecule has 0 fully saturated rings. The molecule has 0 amide bonds. The van der Waals surface area contributed by atoms with Crippen LogP contribution in [0.5, 0.6) is 0 Å². The van der Waals surface area contributed by atoms with E-state index in [9.17, 15) is 18.0 Å². The zero-order valence-corrected chi connectivity index (χ0v) is 13.5. The predicted molar refractivity (Wildman–Crippen MR) is 82.4 cm³/mol. The lowest BCUT2D eigenvalue weighted by Crippen LogP contribution is -2.36. The third kappa shape index (κ3) is 3.12. The van der Waals surface area contributed by atoms with Crippen LogP contribution in [0.25, 0.3) is 11.2 Å². The Morgan fingerprint density at radius 1 is 1.23 bits per heavy atom. The van der Waals surface area contributed by atoms with Crippen molar-refractivity contribution in [3.63, 3.8) is 0 Å². The summed E-state index contributed by atoms with van der Waals surface area (Å²) in [6, 6.07) is 0. The van der Waals surface area contributed by atoms with Crippen molar-refractivity contribution in [3.05, 3.63) is 26.7 Å². The van der Waals surface area contributed by atoms with Gasteiger partial charge in [-0.1, -0.05) is 6.92 Å². The van der Waals surface area contributed by atoms with Gasteiger partial charge in [0.2, 0.25) is 10.0 Å². The van der Waals surface area contributed by atoms with Crippen molar-refractivity contribution >= 4 is 21.2 Å². The van der Waals surface area contributed by atoms with Crippen LogP contribution in [0.3, 0.4) is 0 Å². The molecule has 0 bridgehead atoms. The highest BCUT2D eigenvalue weighted by molar-refractivity contribution is 7.89. The molecule has 0 saturated heterocycles. The minimum atomic E-state index is -3.27. The third-order valence-electron chi connectivity index (χ3n) is 3.30. The van der Waals surface area contributed by atoms with Crippen LogP contribution in [-0.4, -0.2) is 39.8 Å². The van der Waals surface area contributed by atoms with Gasteiger partial charge in [-0.25, -0.2) is 22.9 Å². The Morgan fingerprint density at radius 3 is 2.55 bits per heavy atom. The number of fused-ring (bicyclic) bond motifs is 1. The summed E-state index contributed by atoms with van der Waals surface area (Å²) in [5, 5.41) is 0. The molecule has 0 aromatic carbocycles. The molecule has 0 spiro atoms. The SMILES string of the molecule is CCCS(=O)(=O)NCCc1nc2c([nH]1)c(=O)n(C)c(=O)n2C. The van der Waals surface area contributed by atoms with E-state index in [4.69, 9.17) is 0 Å². The highest BCUT2D eigenvalue weighted by atomic mass is 32.2. The van der Waals surface area contributed by atoms with E-state index in [0.29, 0.717) is 18.7 Å². The molecule has 122 valence electrons. The van der Waals surface area contributed by atoms with Crippen LogP contribution < -0.4 is 16.0 Å². The van der Waals surface area contributed by atoms with Gasteiger partial charge in [-0.15, -0.1) is 0 Å². The minimum absolute atomic E-state index is 0.0716. The Bertz CT molecular complexity index is 906. The summed E-state index contributed by atoms with van der Waals surface area (Å²) in [4.78, 5) is 30.9. The van der Waals surface area contributed by atoms with E-state index in [-0.39, 0.29) is 23.5 Å². The number of aromatic amines is 1. The molecule has 10 heteroatoms. The average molecular weight is 329 g/mol. The maximum absolute atomic E-state index is 12.0. The summed E-state index contributed by atoms with van der Waals surface area (Å²) in [7, 11) is -0.356. The second-order valence-electron chi connectivity index (χ2n) is 5.05. The molecule has 2 heterocycles. The van der Waals surface area contributed by atoms with Crippen LogP contribution in [0.2, 0.25) is 0 Å². The van der Waals surface area contributed by atoms with Crippen LogP contribution in [0.15, 0.2) is 9.59 Å². The van der Waals surface area contributed by atoms with Crippen LogP contribution >= 0.6 is 0 Å². The van der Waals surface area contributed by atoms with Crippen molar-refractivity contribution in [2.45, 2.75) is 19.8 Å². The smallest absolute Gasteiger partial charge is 0.332 e. The molecular weight excluding hydrogens is 310 g/mol. The molecular formula is C12H19N5O4S. The number of sulfonamides is 1. The van der Waals surface area contributed by atoms with E-state index >= 15 is 0 Å². The number of H-pyrrole nitrogens is 1. The maximum atomic E-state index is 12.0. The third-order valence-corrected chi connectivity index (χ3v) is 4.89. The Morgan fingerprint density at radius 2 is 1.91 bits per heavy atom. The van der Waals surface area contributed by atoms with Crippen LogP contribution in [0.1, 0.15) is 19.2 Å². The zero-order chi connectivity index (χ0) is 16.5. The van der Waals surface area contributed by atoms with E-state index in [0.717, 1.165) is 4.57 Å². The Kier molecular flexibility index (Phi) is 4.52. The number of rotatable bonds is 6. The number of hydrogen-bond acceptors (Lipinski definition) is 5. The number of aryl methyl sites for hydroxylation is 1. The van der Waals surface area contributed by atoms with E-state index in [1.54, 1.807) is 6.92 Å². The van der Waals surface area contributed by atoms with E-state index in [1.807, 2.05) is 0 Å². The standard InChI is InChI=1S/C12H19N5O4S/c1-4-7-22(20,21)13-6-5-8-14-9-10(15-8)16(2)12(19)17(3)11(9)18/h13H,4-7H2,1-3H3,(H,14,15). The van der Waals surface area contributed by atoms with Gasteiger partial charge in [0.25, 0.3) is 5.56 Å². The van der Waals surface area contributed by atoms with Gasteiger partial charge < -0.3 is 4.98 Å². The molecule has 0 aliphatic heterocycles. The molecule has 0 atom stereocenters. The number of aromatic nitrogens is 4. The van der Waals surface area contributed by atoms with Crippen LogP contribution in [-0.2, 0) is 30.5 Å². The van der Waals surface area contributed by atoms with Crippen molar-refractivity contribution in [2.75, 3.05) is 12.3 Å². The molecule has 0 aliphatic rings. The molecule has 0 unspecified atom stereocenters. The minimum Gasteiger partial charge on any atom is -0.336 e. The van der Waals surface area contributed by atoms with Gasteiger partial charge in [0.05, 0.1) is 5.75 Å². The Balaban J connectivity index is 2.25. The first-order valence-electron chi connectivity index (χ1n) is 6.88. The number of imidazole rings is 1. The monoisotopic (exact) mass is 329 g/mol. The molecule has 2 rings (SSSR count). The number of nitrogens with zero attached hydrogens (tertiary/aromatic N) is 3. The summed E-state index contributed by atoms with van der Waals surface area (Å²) in [5.74, 6) is 0.523. The maximum Gasteiger partial charge on any atom is 0.332 e. The zero-order valence-electron chi connectivity index (χ0n) is 12.7. The van der Waals surface area contributed by atoms with Crippen molar-refractivity contribution in [1.29, 1.82) is 0 Å². The van der Waals surface area contributed by atoms with Gasteiger partial charge in [-0.05, 0) is 6.42 Å². The summed E-state index contributed by atoms with van der Waals surface area (Å²) < 4.78 is 27.8. The molecule has 9 nitrogen and oxygen atoms in total. The highest BCUT2D eigenvalue weighted by Gasteiger charge is 2.14. The average Bonchev–Trinajstić information content (AvgIpc) is 2.87. The molecule has 0 radical (unpaired) electrons. The van der Waals surface area contributed by atoms with Crippen molar-refractivity contribution < 1.29 is 8.42 Å². The second-order valence-corrected chi connectivity index (χ2v) is 6.98. The lowest BCUT2D eigenvalue weighted by molar-refractivity contribution is 0.579. The first kappa shape index (κ1) is 16.4. The highest BCUT2D eigenvalue weighted by Crippen LogP contribution is 2.04. The van der Waals surface area contributed by atoms with E-state index in [2.05, 4.69) is 14.7 Å². The molecule has 0 aliphatic carbocycles. The summed E-state index contributed by atoms with van der Waals surface area (Å²) in [5.41, 5.74) is -0.418. The van der Waals surface area contributed by atoms with Gasteiger partial charge in [0.15, 0.2) is 5.65 Å². The summed E-state index contributed by atoms with van der Waals surface area (Å²) in [6.07, 6.45) is 0.840. The van der Waals surface area contributed by atoms with Gasteiger partial charge in [-0.2, -0.15) is 0 Å². The summed E-state index contributed by atoms with van der Waals surface area (Å²) >= 11 is 0. The first-order chi connectivity index (χ1) is 10.3. The normalized spacial score (nSPS) is 12.1. The van der Waals surface area contributed by atoms with Crippen molar-refractivity contribution in [3.8, 4) is 0 Å². The quantitative estimate of drug-likeness (QED) is 0.692. The molecule has 2 aromatic rings. The Hall–Kier alpha value is -1.94. The van der Waals surface area contributed by atoms with Gasteiger partial charge in [0, 0.05) is 27.1 Å². The lowest BCUT2D eigenvalue weighted by atomic mass is 10.4. The van der Waals surface area contributed by atoms with Crippen LogP contribution in [0.4, 0.5) is 0 Å². The fourth-order valence-electron chi connectivity index (χ4n) is 2.16. The lowest BCUT2D eigenvalue weighted by Gasteiger charge is -2.03. The molecule has 2 aromatic heterocycles. The fraction of sp³-hybridized carbons (Fsp3) is 0.583. The van der Waals surface area contributed by atoms with Crippen molar-refractivity contribution in [2.24, 2.45) is 14.1 Å². The molecule has 2 N–H and O–H groups in total. The number of hydrogen-bond donors (Lipinski definition) is 2. The Labute approximate surface area is 127 Å². The van der Waals surface area contributed by atoms with Crippen LogP contribution in [0, 0.1) is 0 Å². The van der Waals surface area contributed by atoms with E-state index < -0.39 is 21.3 Å². The second kappa shape index (κ2) is 6.05.